The molecule has 0 spiro atoms. The van der Waals surface area contributed by atoms with Crippen LogP contribution in [0.25, 0.3) is 11.0 Å². The molecule has 0 aliphatic carbocycles. The molecule has 0 atom stereocenters. The molecule has 0 fully saturated rings. The minimum absolute atomic E-state index is 0.460. The van der Waals surface area contributed by atoms with Crippen molar-refractivity contribution in [2.75, 3.05) is 0 Å². The van der Waals surface area contributed by atoms with E-state index in [0.29, 0.717) is 16.1 Å². The van der Waals surface area contributed by atoms with Crippen LogP contribution >= 0.6 is 27.5 Å². The van der Waals surface area contributed by atoms with Gasteiger partial charge in [0.2, 0.25) is 5.52 Å². The van der Waals surface area contributed by atoms with E-state index in [2.05, 4.69) is 20.9 Å². The zero-order valence-corrected chi connectivity index (χ0v) is 8.71. The van der Waals surface area contributed by atoms with Crippen LogP contribution in [0.5, 0.6) is 0 Å². The Kier molecular flexibility index (Phi) is 2.09. The van der Waals surface area contributed by atoms with Gasteiger partial charge >= 0.3 is 0 Å². The lowest BCUT2D eigenvalue weighted by Gasteiger charge is -2.01. The van der Waals surface area contributed by atoms with E-state index in [4.69, 9.17) is 11.6 Å². The van der Waals surface area contributed by atoms with E-state index in [1.165, 1.54) is 12.3 Å². The van der Waals surface area contributed by atoms with E-state index in [-0.39, 0.29) is 0 Å². The highest BCUT2D eigenvalue weighted by atomic mass is 79.9. The van der Waals surface area contributed by atoms with Crippen LogP contribution in [-0.4, -0.2) is 4.98 Å². The molecular weight excluding hydrogens is 255 g/mol. The van der Waals surface area contributed by atoms with E-state index in [9.17, 15) is 5.21 Å². The third-order valence-electron chi connectivity index (χ3n) is 1.65. The predicted molar refractivity (Wildman–Crippen MR) is 53.4 cm³/mol. The quantitative estimate of drug-likeness (QED) is 0.538. The lowest BCUT2D eigenvalue weighted by atomic mass is 10.3. The zero-order chi connectivity index (χ0) is 9.42. The van der Waals surface area contributed by atoms with Crippen LogP contribution in [0.3, 0.4) is 0 Å². The summed E-state index contributed by atoms with van der Waals surface area (Å²) in [6.07, 6.45) is 2.97. The number of fused-ring (bicyclic) bond motifs is 1. The second kappa shape index (κ2) is 3.12. The summed E-state index contributed by atoms with van der Waals surface area (Å²) >= 11 is 9.08. The summed E-state index contributed by atoms with van der Waals surface area (Å²) in [5.41, 5.74) is 0.976. The number of halogens is 2. The van der Waals surface area contributed by atoms with Crippen molar-refractivity contribution in [2.24, 2.45) is 0 Å². The molecule has 2 heterocycles. The summed E-state index contributed by atoms with van der Waals surface area (Å²) < 4.78 is 1.49. The van der Waals surface area contributed by atoms with Crippen LogP contribution in [0.2, 0.25) is 5.02 Å². The van der Waals surface area contributed by atoms with Crippen molar-refractivity contribution in [3.63, 3.8) is 0 Å². The van der Waals surface area contributed by atoms with Gasteiger partial charge in [-0.1, -0.05) is 11.6 Å². The molecule has 0 saturated carbocycles. The molecular formula is C8H4BrClN2O. The smallest absolute Gasteiger partial charge is 0.245 e. The van der Waals surface area contributed by atoms with Gasteiger partial charge in [0.25, 0.3) is 0 Å². The maximum absolute atomic E-state index is 11.3. The van der Waals surface area contributed by atoms with Crippen molar-refractivity contribution in [1.82, 2.24) is 4.98 Å². The number of hydrogen-bond donors (Lipinski definition) is 0. The fourth-order valence-electron chi connectivity index (χ4n) is 1.07. The summed E-state index contributed by atoms with van der Waals surface area (Å²) in [7, 11) is 0. The van der Waals surface area contributed by atoms with Gasteiger partial charge in [-0.2, -0.15) is 4.73 Å². The van der Waals surface area contributed by atoms with E-state index < -0.39 is 0 Å². The molecule has 0 aliphatic rings. The Hall–Kier alpha value is -0.870. The van der Waals surface area contributed by atoms with Gasteiger partial charge < -0.3 is 5.21 Å². The Balaban J connectivity index is 2.92. The van der Waals surface area contributed by atoms with Crippen molar-refractivity contribution in [3.05, 3.63) is 39.2 Å². The molecule has 0 aliphatic heterocycles. The highest BCUT2D eigenvalue weighted by Gasteiger charge is 2.08. The van der Waals surface area contributed by atoms with Crippen molar-refractivity contribution >= 4 is 38.6 Å². The zero-order valence-electron chi connectivity index (χ0n) is 6.37. The van der Waals surface area contributed by atoms with Gasteiger partial charge in [0.05, 0.1) is 5.02 Å². The monoisotopic (exact) mass is 258 g/mol. The van der Waals surface area contributed by atoms with Gasteiger partial charge in [-0.15, -0.1) is 0 Å². The Morgan fingerprint density at radius 3 is 3.08 bits per heavy atom. The summed E-state index contributed by atoms with van der Waals surface area (Å²) in [6.45, 7) is 0. The van der Waals surface area contributed by atoms with Crippen LogP contribution in [0, 0.1) is 5.21 Å². The van der Waals surface area contributed by atoms with Gasteiger partial charge in [0, 0.05) is 22.8 Å². The summed E-state index contributed by atoms with van der Waals surface area (Å²) in [4.78, 5) is 4.04. The third kappa shape index (κ3) is 1.47. The SMILES string of the molecule is [O-][n+]1ccc(Cl)c2ncc(Br)cc21. The normalized spacial score (nSPS) is 10.6. The molecule has 2 aromatic rings. The first-order valence-electron chi connectivity index (χ1n) is 3.51. The predicted octanol–water partition coefficient (Wildman–Crippen LogP) is 2.28. The minimum Gasteiger partial charge on any atom is -0.618 e. The van der Waals surface area contributed by atoms with Crippen LogP contribution in [0.1, 0.15) is 0 Å². The van der Waals surface area contributed by atoms with Gasteiger partial charge in [0.1, 0.15) is 0 Å². The average Bonchev–Trinajstić information content (AvgIpc) is 2.12. The highest BCUT2D eigenvalue weighted by molar-refractivity contribution is 9.10. The first-order chi connectivity index (χ1) is 6.18. The van der Waals surface area contributed by atoms with Crippen molar-refractivity contribution < 1.29 is 4.73 Å². The highest BCUT2D eigenvalue weighted by Crippen LogP contribution is 2.20. The Morgan fingerprint density at radius 2 is 2.31 bits per heavy atom. The van der Waals surface area contributed by atoms with Gasteiger partial charge in [-0.05, 0) is 15.9 Å². The van der Waals surface area contributed by atoms with E-state index >= 15 is 0 Å². The fourth-order valence-corrected chi connectivity index (χ4v) is 1.59. The molecule has 0 radical (unpaired) electrons. The number of rotatable bonds is 0. The molecule has 0 N–H and O–H groups in total. The van der Waals surface area contributed by atoms with E-state index in [1.807, 2.05) is 0 Å². The molecule has 66 valence electrons. The standard InChI is InChI=1S/C8H4BrClN2O/c9-5-3-7-8(11-4-5)6(10)1-2-12(7)13/h1-4H. The third-order valence-corrected chi connectivity index (χ3v) is 2.39. The summed E-state index contributed by atoms with van der Waals surface area (Å²) in [6, 6.07) is 3.21. The first-order valence-corrected chi connectivity index (χ1v) is 4.68. The lowest BCUT2D eigenvalue weighted by Crippen LogP contribution is -2.26. The van der Waals surface area contributed by atoms with Gasteiger partial charge in [-0.25, -0.2) is 4.98 Å². The van der Waals surface area contributed by atoms with Crippen molar-refractivity contribution in [1.29, 1.82) is 0 Å². The Morgan fingerprint density at radius 1 is 1.54 bits per heavy atom. The number of hydrogen-bond acceptors (Lipinski definition) is 2. The fraction of sp³-hybridized carbons (Fsp3) is 0. The Bertz CT molecular complexity index is 475. The van der Waals surface area contributed by atoms with E-state index in [1.54, 1.807) is 12.3 Å². The molecule has 0 amide bonds. The van der Waals surface area contributed by atoms with Crippen molar-refractivity contribution in [3.8, 4) is 0 Å². The average molecular weight is 259 g/mol. The summed E-state index contributed by atoms with van der Waals surface area (Å²) in [5, 5.41) is 11.8. The molecule has 3 nitrogen and oxygen atoms in total. The lowest BCUT2D eigenvalue weighted by molar-refractivity contribution is -0.577. The maximum Gasteiger partial charge on any atom is 0.245 e. The molecule has 13 heavy (non-hydrogen) atoms. The van der Waals surface area contributed by atoms with Crippen LogP contribution in [-0.2, 0) is 0 Å². The molecule has 2 aromatic heterocycles. The van der Waals surface area contributed by atoms with E-state index in [0.717, 1.165) is 9.20 Å². The van der Waals surface area contributed by atoms with Gasteiger partial charge in [0.15, 0.2) is 11.7 Å². The largest absolute Gasteiger partial charge is 0.618 e. The van der Waals surface area contributed by atoms with Crippen LogP contribution in [0.15, 0.2) is 29.0 Å². The molecule has 0 saturated heterocycles. The molecule has 0 unspecified atom stereocenters. The first kappa shape index (κ1) is 8.72. The second-order valence-electron chi connectivity index (χ2n) is 2.51. The molecule has 0 aromatic carbocycles. The molecule has 5 heteroatoms. The number of aromatic nitrogens is 2. The number of pyridine rings is 2. The Labute approximate surface area is 87.7 Å². The van der Waals surface area contributed by atoms with Crippen LogP contribution in [0.4, 0.5) is 0 Å². The maximum atomic E-state index is 11.3. The van der Waals surface area contributed by atoms with Crippen LogP contribution < -0.4 is 4.73 Å². The second-order valence-corrected chi connectivity index (χ2v) is 3.83. The van der Waals surface area contributed by atoms with Gasteiger partial charge in [-0.3, -0.25) is 0 Å². The topological polar surface area (TPSA) is 39.8 Å². The molecule has 0 bridgehead atoms. The minimum atomic E-state index is 0.460. The molecule has 2 rings (SSSR count). The van der Waals surface area contributed by atoms with Crippen molar-refractivity contribution in [2.45, 2.75) is 0 Å². The summed E-state index contributed by atoms with van der Waals surface area (Å²) in [5.74, 6) is 0. The number of nitrogens with zero attached hydrogens (tertiary/aromatic N) is 2.